The summed E-state index contributed by atoms with van der Waals surface area (Å²) in [6.07, 6.45) is 0. The van der Waals surface area contributed by atoms with Crippen LogP contribution in [-0.2, 0) is 16.6 Å². The van der Waals surface area contributed by atoms with Crippen LogP contribution in [0.1, 0.15) is 5.56 Å². The number of aromatic nitrogens is 2. The highest BCUT2D eigenvalue weighted by Gasteiger charge is 2.16. The van der Waals surface area contributed by atoms with Crippen molar-refractivity contribution in [2.45, 2.75) is 11.4 Å². The second kappa shape index (κ2) is 7.18. The van der Waals surface area contributed by atoms with Gasteiger partial charge in [-0.2, -0.15) is 0 Å². The lowest BCUT2D eigenvalue weighted by Gasteiger charge is -2.09. The van der Waals surface area contributed by atoms with Gasteiger partial charge in [-0.15, -0.1) is 0 Å². The first-order valence-electron chi connectivity index (χ1n) is 8.47. The molecule has 0 fully saturated rings. The van der Waals surface area contributed by atoms with Crippen molar-refractivity contribution < 1.29 is 8.42 Å². The van der Waals surface area contributed by atoms with Crippen LogP contribution in [0.25, 0.3) is 10.9 Å². The Balaban J connectivity index is 1.67. The van der Waals surface area contributed by atoms with E-state index in [1.807, 2.05) is 30.3 Å². The zero-order valence-corrected chi connectivity index (χ0v) is 16.2. The maximum absolute atomic E-state index is 12.6. The average Bonchev–Trinajstić information content (AvgIpc) is 2.97. The van der Waals surface area contributed by atoms with Crippen molar-refractivity contribution in [2.75, 3.05) is 4.72 Å². The molecule has 4 aromatic rings. The number of halogens is 1. The van der Waals surface area contributed by atoms with Crippen molar-refractivity contribution in [3.05, 3.63) is 93.7 Å². The summed E-state index contributed by atoms with van der Waals surface area (Å²) < 4.78 is 29.4. The van der Waals surface area contributed by atoms with Gasteiger partial charge in [-0.05, 0) is 42.0 Å². The van der Waals surface area contributed by atoms with Gasteiger partial charge in [-0.25, -0.2) is 8.42 Å². The summed E-state index contributed by atoms with van der Waals surface area (Å²) >= 11 is 5.88. The molecule has 6 nitrogen and oxygen atoms in total. The Morgan fingerprint density at radius 1 is 0.964 bits per heavy atom. The van der Waals surface area contributed by atoms with E-state index in [0.717, 1.165) is 5.56 Å². The van der Waals surface area contributed by atoms with E-state index in [9.17, 15) is 13.2 Å². The largest absolute Gasteiger partial charge is 0.280 e. The second-order valence-electron chi connectivity index (χ2n) is 6.31. The van der Waals surface area contributed by atoms with Gasteiger partial charge >= 0.3 is 0 Å². The molecule has 1 heterocycles. The fourth-order valence-corrected chi connectivity index (χ4v) is 4.35. The Bertz CT molecular complexity index is 1310. The number of nitrogens with zero attached hydrogens (tertiary/aromatic N) is 1. The summed E-state index contributed by atoms with van der Waals surface area (Å²) in [4.78, 5) is 12.4. The van der Waals surface area contributed by atoms with E-state index in [1.54, 1.807) is 28.9 Å². The molecule has 142 valence electrons. The lowest BCUT2D eigenvalue weighted by atomic mass is 10.2. The number of nitrogens with one attached hydrogen (secondary N) is 2. The topological polar surface area (TPSA) is 84.0 Å². The number of anilines is 1. The van der Waals surface area contributed by atoms with Crippen LogP contribution in [0.2, 0.25) is 5.02 Å². The summed E-state index contributed by atoms with van der Waals surface area (Å²) in [7, 11) is -3.81. The van der Waals surface area contributed by atoms with Gasteiger partial charge in [0.15, 0.2) is 0 Å². The minimum atomic E-state index is -3.81. The molecule has 0 atom stereocenters. The van der Waals surface area contributed by atoms with Crippen molar-refractivity contribution >= 4 is 38.2 Å². The number of H-pyrrole nitrogens is 1. The minimum Gasteiger partial charge on any atom is -0.280 e. The predicted molar refractivity (Wildman–Crippen MR) is 110 cm³/mol. The van der Waals surface area contributed by atoms with E-state index in [-0.39, 0.29) is 10.5 Å². The third-order valence-electron chi connectivity index (χ3n) is 4.31. The Hall–Kier alpha value is -3.03. The molecular formula is C20H16ClN3O3S. The molecule has 28 heavy (non-hydrogen) atoms. The number of hydrogen-bond acceptors (Lipinski definition) is 3. The molecular weight excluding hydrogens is 398 g/mol. The highest BCUT2D eigenvalue weighted by Crippen LogP contribution is 2.22. The van der Waals surface area contributed by atoms with Gasteiger partial charge in [-0.1, -0.05) is 48.0 Å². The molecule has 0 saturated heterocycles. The average molecular weight is 414 g/mol. The molecule has 0 aliphatic rings. The lowest BCUT2D eigenvalue weighted by Crippen LogP contribution is -2.13. The van der Waals surface area contributed by atoms with Crippen LogP contribution in [0, 0.1) is 0 Å². The lowest BCUT2D eigenvalue weighted by molar-refractivity contribution is 0.601. The van der Waals surface area contributed by atoms with Crippen LogP contribution < -0.4 is 10.3 Å². The molecule has 0 aliphatic heterocycles. The zero-order chi connectivity index (χ0) is 19.7. The standard InChI is InChI=1S/C20H16ClN3O3S/c21-15-7-4-8-17(11-15)28(26,27)23-16-9-10-19-18(12-16)20(25)22-24(19)13-14-5-2-1-3-6-14/h1-12,23H,13H2,(H,22,25). The molecule has 0 radical (unpaired) electrons. The summed E-state index contributed by atoms with van der Waals surface area (Å²) in [6.45, 7) is 0.507. The van der Waals surface area contributed by atoms with Gasteiger partial charge in [0.05, 0.1) is 22.3 Å². The van der Waals surface area contributed by atoms with Crippen molar-refractivity contribution in [2.24, 2.45) is 0 Å². The van der Waals surface area contributed by atoms with Crippen LogP contribution in [0.3, 0.4) is 0 Å². The van der Waals surface area contributed by atoms with Crippen LogP contribution in [-0.4, -0.2) is 18.2 Å². The van der Waals surface area contributed by atoms with Crippen LogP contribution in [0.5, 0.6) is 0 Å². The molecule has 0 saturated carbocycles. The summed E-state index contributed by atoms with van der Waals surface area (Å²) in [5, 5.41) is 3.53. The third kappa shape index (κ3) is 3.67. The summed E-state index contributed by atoms with van der Waals surface area (Å²) in [5.41, 5.74) is 1.76. The quantitative estimate of drug-likeness (QED) is 0.521. The van der Waals surface area contributed by atoms with Crippen LogP contribution >= 0.6 is 11.6 Å². The van der Waals surface area contributed by atoms with Crippen LogP contribution in [0.15, 0.2) is 82.5 Å². The number of sulfonamides is 1. The fourth-order valence-electron chi connectivity index (χ4n) is 3.00. The van der Waals surface area contributed by atoms with Gasteiger partial charge < -0.3 is 0 Å². The Kier molecular flexibility index (Phi) is 4.70. The maximum Gasteiger partial charge on any atom is 0.272 e. The minimum absolute atomic E-state index is 0.0515. The van der Waals surface area contributed by atoms with E-state index in [1.165, 1.54) is 18.2 Å². The molecule has 0 bridgehead atoms. The molecule has 2 N–H and O–H groups in total. The first kappa shape index (κ1) is 18.3. The third-order valence-corrected chi connectivity index (χ3v) is 5.92. The van der Waals surface area contributed by atoms with Gasteiger partial charge in [0.1, 0.15) is 0 Å². The molecule has 8 heteroatoms. The van der Waals surface area contributed by atoms with E-state index in [4.69, 9.17) is 11.6 Å². The van der Waals surface area contributed by atoms with Gasteiger partial charge in [0.2, 0.25) is 0 Å². The van der Waals surface area contributed by atoms with Crippen molar-refractivity contribution in [3.63, 3.8) is 0 Å². The number of fused-ring (bicyclic) bond motifs is 1. The molecule has 0 spiro atoms. The molecule has 1 aromatic heterocycles. The highest BCUT2D eigenvalue weighted by molar-refractivity contribution is 7.92. The van der Waals surface area contributed by atoms with E-state index < -0.39 is 10.0 Å². The van der Waals surface area contributed by atoms with Crippen molar-refractivity contribution in [1.29, 1.82) is 0 Å². The molecule has 3 aromatic carbocycles. The van der Waals surface area contributed by atoms with Gasteiger partial charge in [-0.3, -0.25) is 19.3 Å². The molecule has 4 rings (SSSR count). The Morgan fingerprint density at radius 2 is 1.75 bits per heavy atom. The highest BCUT2D eigenvalue weighted by atomic mass is 35.5. The zero-order valence-electron chi connectivity index (χ0n) is 14.6. The molecule has 0 unspecified atom stereocenters. The van der Waals surface area contributed by atoms with Gasteiger partial charge in [0, 0.05) is 10.7 Å². The molecule has 0 aliphatic carbocycles. The summed E-state index contributed by atoms with van der Waals surface area (Å²) in [5.74, 6) is 0. The molecule has 0 amide bonds. The maximum atomic E-state index is 12.6. The number of hydrogen-bond donors (Lipinski definition) is 2. The van der Waals surface area contributed by atoms with Crippen molar-refractivity contribution in [1.82, 2.24) is 9.78 Å². The number of benzene rings is 3. The van der Waals surface area contributed by atoms with Crippen molar-refractivity contribution in [3.8, 4) is 0 Å². The predicted octanol–water partition coefficient (Wildman–Crippen LogP) is 3.83. The second-order valence-corrected chi connectivity index (χ2v) is 8.43. The van der Waals surface area contributed by atoms with E-state index >= 15 is 0 Å². The Labute approximate surface area is 166 Å². The van der Waals surface area contributed by atoms with E-state index in [0.29, 0.717) is 28.2 Å². The first-order chi connectivity index (χ1) is 13.4. The number of aromatic amines is 1. The summed E-state index contributed by atoms with van der Waals surface area (Å²) in [6, 6.07) is 20.6. The Morgan fingerprint density at radius 3 is 2.50 bits per heavy atom. The van der Waals surface area contributed by atoms with Crippen LogP contribution in [0.4, 0.5) is 5.69 Å². The van der Waals surface area contributed by atoms with Gasteiger partial charge in [0.25, 0.3) is 15.6 Å². The fraction of sp³-hybridized carbons (Fsp3) is 0.0500. The van der Waals surface area contributed by atoms with E-state index in [2.05, 4.69) is 9.82 Å². The smallest absolute Gasteiger partial charge is 0.272 e. The number of rotatable bonds is 5. The first-order valence-corrected chi connectivity index (χ1v) is 10.3. The monoisotopic (exact) mass is 413 g/mol. The SMILES string of the molecule is O=c1[nH]n(Cc2ccccc2)c2ccc(NS(=O)(=O)c3cccc(Cl)c3)cc12. The normalized spacial score (nSPS) is 11.6.